The molecule has 0 bridgehead atoms. The summed E-state index contributed by atoms with van der Waals surface area (Å²) in [6, 6.07) is 0. The van der Waals surface area contributed by atoms with Gasteiger partial charge in [0.15, 0.2) is 12.3 Å². The third kappa shape index (κ3) is 0.798. The first kappa shape index (κ1) is 5.88. The monoisotopic (exact) mass is 126 g/mol. The molecule has 8 heavy (non-hydrogen) atoms. The van der Waals surface area contributed by atoms with Gasteiger partial charge in [-0.25, -0.2) is 13.2 Å². The molecule has 1 aliphatic heterocycles. The van der Waals surface area contributed by atoms with Gasteiger partial charge in [-0.2, -0.15) is 0 Å². The van der Waals surface area contributed by atoms with Crippen LogP contribution in [0.15, 0.2) is 0 Å². The Labute approximate surface area is 44.4 Å². The number of halogens is 3. The fraction of sp³-hybridized carbons (Fsp3) is 1.00. The largest absolute Gasteiger partial charge is 0.343 e. The standard InChI is InChI=1S/C4H5F3O/c5-2-1-8-4(7)3(2)6/h2-4H,1H2. The van der Waals surface area contributed by atoms with Crippen molar-refractivity contribution in [2.24, 2.45) is 0 Å². The number of ether oxygens (including phenoxy) is 1. The summed E-state index contributed by atoms with van der Waals surface area (Å²) in [7, 11) is 0. The van der Waals surface area contributed by atoms with E-state index in [1.54, 1.807) is 0 Å². The number of rotatable bonds is 0. The maximum atomic E-state index is 11.8. The molecule has 0 radical (unpaired) electrons. The van der Waals surface area contributed by atoms with Gasteiger partial charge in [0.25, 0.3) is 0 Å². The fourth-order valence-electron chi connectivity index (χ4n) is 0.532. The fourth-order valence-corrected chi connectivity index (χ4v) is 0.532. The average Bonchev–Trinajstić information content (AvgIpc) is 1.98. The Morgan fingerprint density at radius 2 is 1.88 bits per heavy atom. The third-order valence-electron chi connectivity index (χ3n) is 1.01. The molecule has 0 amide bonds. The van der Waals surface area contributed by atoms with Gasteiger partial charge in [-0.15, -0.1) is 0 Å². The van der Waals surface area contributed by atoms with Gasteiger partial charge in [0.2, 0.25) is 6.36 Å². The van der Waals surface area contributed by atoms with Gasteiger partial charge in [0, 0.05) is 0 Å². The first-order chi connectivity index (χ1) is 3.72. The predicted octanol–water partition coefficient (Wildman–Crippen LogP) is 0.988. The molecule has 3 atom stereocenters. The summed E-state index contributed by atoms with van der Waals surface area (Å²) in [6.07, 6.45) is -5.90. The van der Waals surface area contributed by atoms with E-state index in [0.29, 0.717) is 0 Å². The van der Waals surface area contributed by atoms with Crippen molar-refractivity contribution in [3.63, 3.8) is 0 Å². The minimum absolute atomic E-state index is 0.456. The first-order valence-corrected chi connectivity index (χ1v) is 2.25. The molecule has 0 aromatic heterocycles. The van der Waals surface area contributed by atoms with Crippen molar-refractivity contribution in [1.29, 1.82) is 0 Å². The molecule has 0 spiro atoms. The number of hydrogen-bond acceptors (Lipinski definition) is 1. The lowest BCUT2D eigenvalue weighted by Crippen LogP contribution is -2.18. The molecule has 1 fully saturated rings. The molecule has 0 aromatic carbocycles. The van der Waals surface area contributed by atoms with Crippen LogP contribution in [-0.4, -0.2) is 25.3 Å². The van der Waals surface area contributed by atoms with Crippen LogP contribution in [0.25, 0.3) is 0 Å². The molecule has 0 N–H and O–H groups in total. The zero-order valence-corrected chi connectivity index (χ0v) is 3.98. The van der Waals surface area contributed by atoms with Crippen LogP contribution in [0.2, 0.25) is 0 Å². The van der Waals surface area contributed by atoms with E-state index in [0.717, 1.165) is 0 Å². The molecule has 0 aliphatic carbocycles. The minimum Gasteiger partial charge on any atom is -0.343 e. The molecule has 1 aliphatic rings. The molecule has 1 rings (SSSR count). The van der Waals surface area contributed by atoms with Crippen LogP contribution in [0.5, 0.6) is 0 Å². The van der Waals surface area contributed by atoms with Crippen molar-refractivity contribution in [2.45, 2.75) is 18.7 Å². The number of alkyl halides is 3. The van der Waals surface area contributed by atoms with E-state index >= 15 is 0 Å². The Hall–Kier alpha value is -0.250. The lowest BCUT2D eigenvalue weighted by atomic mass is 10.3. The summed E-state index contributed by atoms with van der Waals surface area (Å²) in [5.74, 6) is 0. The molecule has 0 saturated carbocycles. The van der Waals surface area contributed by atoms with E-state index < -0.39 is 25.3 Å². The van der Waals surface area contributed by atoms with Crippen LogP contribution in [0.4, 0.5) is 13.2 Å². The van der Waals surface area contributed by atoms with Crippen molar-refractivity contribution in [2.75, 3.05) is 6.61 Å². The highest BCUT2D eigenvalue weighted by molar-refractivity contribution is 4.76. The Bertz CT molecular complexity index is 77.4. The van der Waals surface area contributed by atoms with Gasteiger partial charge < -0.3 is 4.74 Å². The Morgan fingerprint density at radius 3 is 2.00 bits per heavy atom. The second kappa shape index (κ2) is 1.93. The second-order valence-corrected chi connectivity index (χ2v) is 1.64. The van der Waals surface area contributed by atoms with Gasteiger partial charge >= 0.3 is 0 Å². The zero-order valence-electron chi connectivity index (χ0n) is 3.98. The highest BCUT2D eigenvalue weighted by Crippen LogP contribution is 2.20. The van der Waals surface area contributed by atoms with Gasteiger partial charge in [-0.1, -0.05) is 0 Å². The molecule has 1 heterocycles. The summed E-state index contributed by atoms with van der Waals surface area (Å²) in [6.45, 7) is -0.456. The van der Waals surface area contributed by atoms with Crippen molar-refractivity contribution < 1.29 is 17.9 Å². The highest BCUT2D eigenvalue weighted by Gasteiger charge is 2.37. The van der Waals surface area contributed by atoms with E-state index in [1.807, 2.05) is 0 Å². The number of hydrogen-bond donors (Lipinski definition) is 0. The summed E-state index contributed by atoms with van der Waals surface area (Å²) in [5, 5.41) is 0. The zero-order chi connectivity index (χ0) is 6.15. The maximum absolute atomic E-state index is 11.8. The molecular formula is C4H5F3O. The maximum Gasteiger partial charge on any atom is 0.233 e. The van der Waals surface area contributed by atoms with Crippen molar-refractivity contribution in [3.05, 3.63) is 0 Å². The van der Waals surface area contributed by atoms with Crippen LogP contribution < -0.4 is 0 Å². The smallest absolute Gasteiger partial charge is 0.233 e. The third-order valence-corrected chi connectivity index (χ3v) is 1.01. The quantitative estimate of drug-likeness (QED) is 0.470. The molecule has 3 unspecified atom stereocenters. The van der Waals surface area contributed by atoms with Crippen LogP contribution in [0.3, 0.4) is 0 Å². The summed E-state index contributed by atoms with van der Waals surface area (Å²) in [4.78, 5) is 0. The Morgan fingerprint density at radius 1 is 1.25 bits per heavy atom. The van der Waals surface area contributed by atoms with Crippen LogP contribution in [0, 0.1) is 0 Å². The van der Waals surface area contributed by atoms with E-state index in [9.17, 15) is 13.2 Å². The second-order valence-electron chi connectivity index (χ2n) is 1.64. The average molecular weight is 126 g/mol. The van der Waals surface area contributed by atoms with Crippen molar-refractivity contribution in [3.8, 4) is 0 Å². The molecule has 1 saturated heterocycles. The van der Waals surface area contributed by atoms with Gasteiger partial charge in [0.05, 0.1) is 6.61 Å². The molecule has 1 nitrogen and oxygen atoms in total. The van der Waals surface area contributed by atoms with E-state index in [-0.39, 0.29) is 0 Å². The first-order valence-electron chi connectivity index (χ1n) is 2.25. The molecule has 0 aromatic rings. The SMILES string of the molecule is FC1COC(F)C1F. The highest BCUT2D eigenvalue weighted by atomic mass is 19.2. The summed E-state index contributed by atoms with van der Waals surface area (Å²) < 4.78 is 39.4. The molecule has 48 valence electrons. The molecular weight excluding hydrogens is 121 g/mol. The van der Waals surface area contributed by atoms with Crippen LogP contribution in [0.1, 0.15) is 0 Å². The lowest BCUT2D eigenvalue weighted by molar-refractivity contribution is -0.0235. The topological polar surface area (TPSA) is 9.23 Å². The lowest BCUT2D eigenvalue weighted by Gasteiger charge is -1.98. The van der Waals surface area contributed by atoms with Crippen LogP contribution in [-0.2, 0) is 4.74 Å². The normalized spacial score (nSPS) is 47.6. The van der Waals surface area contributed by atoms with E-state index in [1.165, 1.54) is 0 Å². The van der Waals surface area contributed by atoms with Crippen molar-refractivity contribution in [1.82, 2.24) is 0 Å². The predicted molar refractivity (Wildman–Crippen MR) is 20.6 cm³/mol. The van der Waals surface area contributed by atoms with Crippen molar-refractivity contribution >= 4 is 0 Å². The van der Waals surface area contributed by atoms with Gasteiger partial charge in [-0.3, -0.25) is 0 Å². The van der Waals surface area contributed by atoms with Gasteiger partial charge in [0.1, 0.15) is 0 Å². The Balaban J connectivity index is 2.44. The van der Waals surface area contributed by atoms with E-state index in [4.69, 9.17) is 0 Å². The minimum atomic E-state index is -2.07. The Kier molecular flexibility index (Phi) is 1.42. The van der Waals surface area contributed by atoms with Crippen LogP contribution >= 0.6 is 0 Å². The molecule has 4 heteroatoms. The summed E-state index contributed by atoms with van der Waals surface area (Å²) in [5.41, 5.74) is 0. The van der Waals surface area contributed by atoms with E-state index in [2.05, 4.69) is 4.74 Å². The van der Waals surface area contributed by atoms with Gasteiger partial charge in [-0.05, 0) is 0 Å². The summed E-state index contributed by atoms with van der Waals surface area (Å²) >= 11 is 0.